The minimum atomic E-state index is 0.0319. The van der Waals surface area contributed by atoms with Crippen molar-refractivity contribution in [1.29, 1.82) is 0 Å². The summed E-state index contributed by atoms with van der Waals surface area (Å²) in [6, 6.07) is 0. The second-order valence-electron chi connectivity index (χ2n) is 3.79. The van der Waals surface area contributed by atoms with Gasteiger partial charge in [-0.15, -0.1) is 0 Å². The second-order valence-corrected chi connectivity index (χ2v) is 3.79. The molecule has 0 spiro atoms. The fourth-order valence-corrected chi connectivity index (χ4v) is 1.95. The number of ether oxygens (including phenoxy) is 1. The third-order valence-corrected chi connectivity index (χ3v) is 2.73. The Morgan fingerprint density at radius 2 is 1.69 bits per heavy atom. The lowest BCUT2D eigenvalue weighted by Crippen LogP contribution is -2.18. The molecule has 0 aromatic carbocycles. The van der Waals surface area contributed by atoms with Crippen molar-refractivity contribution >= 4 is 5.97 Å². The third kappa shape index (κ3) is 3.79. The summed E-state index contributed by atoms with van der Waals surface area (Å²) in [7, 11) is 0. The molecule has 0 N–H and O–H groups in total. The van der Waals surface area contributed by atoms with Gasteiger partial charge in [0.15, 0.2) is 0 Å². The molecule has 76 valence electrons. The van der Waals surface area contributed by atoms with Gasteiger partial charge >= 0.3 is 5.97 Å². The number of hydrogen-bond donors (Lipinski definition) is 0. The summed E-state index contributed by atoms with van der Waals surface area (Å²) < 4.78 is 5.04. The van der Waals surface area contributed by atoms with E-state index < -0.39 is 0 Å². The van der Waals surface area contributed by atoms with Gasteiger partial charge in [-0.2, -0.15) is 0 Å². The molecule has 0 aromatic rings. The molecule has 0 amide bonds. The van der Waals surface area contributed by atoms with Crippen molar-refractivity contribution in [2.24, 2.45) is 5.92 Å². The van der Waals surface area contributed by atoms with Gasteiger partial charge in [-0.25, -0.2) is 0 Å². The number of esters is 1. The van der Waals surface area contributed by atoms with E-state index in [1.165, 1.54) is 32.1 Å². The summed E-state index contributed by atoms with van der Waals surface area (Å²) in [5, 5.41) is 0. The molecule has 1 rings (SSSR count). The minimum absolute atomic E-state index is 0.0319. The molecule has 0 saturated heterocycles. The Kier molecular flexibility index (Phi) is 4.87. The zero-order valence-corrected chi connectivity index (χ0v) is 8.55. The van der Waals surface area contributed by atoms with Crippen LogP contribution < -0.4 is 0 Å². The van der Waals surface area contributed by atoms with Crippen molar-refractivity contribution in [3.05, 3.63) is 0 Å². The highest BCUT2D eigenvalue weighted by Gasteiger charge is 2.19. The van der Waals surface area contributed by atoms with Gasteiger partial charge in [0.2, 0.25) is 0 Å². The molecule has 1 saturated carbocycles. The van der Waals surface area contributed by atoms with Crippen LogP contribution in [0.3, 0.4) is 0 Å². The molecule has 0 unspecified atom stereocenters. The summed E-state index contributed by atoms with van der Waals surface area (Å²) in [4.78, 5) is 11.4. The SMILES string of the molecule is CCOC(=O)C1CCCCCCC1. The Bertz CT molecular complexity index is 146. The first kappa shape index (κ1) is 10.6. The predicted molar refractivity (Wildman–Crippen MR) is 52.4 cm³/mol. The standard InChI is InChI=1S/C11H20O2/c1-2-13-11(12)10-8-6-4-3-5-7-9-10/h10H,2-9H2,1H3. The quantitative estimate of drug-likeness (QED) is 0.617. The Labute approximate surface area is 80.7 Å². The molecule has 0 atom stereocenters. The molecule has 0 aromatic heterocycles. The highest BCUT2D eigenvalue weighted by Crippen LogP contribution is 2.23. The van der Waals surface area contributed by atoms with E-state index >= 15 is 0 Å². The monoisotopic (exact) mass is 184 g/mol. The van der Waals surface area contributed by atoms with E-state index in [1.54, 1.807) is 0 Å². The molecular weight excluding hydrogens is 164 g/mol. The Morgan fingerprint density at radius 3 is 2.23 bits per heavy atom. The Morgan fingerprint density at radius 1 is 1.15 bits per heavy atom. The van der Waals surface area contributed by atoms with Crippen LogP contribution >= 0.6 is 0 Å². The smallest absolute Gasteiger partial charge is 0.308 e. The van der Waals surface area contributed by atoms with Gasteiger partial charge in [0, 0.05) is 0 Å². The van der Waals surface area contributed by atoms with Crippen LogP contribution in [-0.4, -0.2) is 12.6 Å². The van der Waals surface area contributed by atoms with Gasteiger partial charge in [0.25, 0.3) is 0 Å². The van der Waals surface area contributed by atoms with Crippen molar-refractivity contribution in [2.75, 3.05) is 6.61 Å². The first-order chi connectivity index (χ1) is 6.34. The average molecular weight is 184 g/mol. The van der Waals surface area contributed by atoms with Gasteiger partial charge in [0.05, 0.1) is 12.5 Å². The van der Waals surface area contributed by atoms with Crippen molar-refractivity contribution in [2.45, 2.75) is 51.9 Å². The molecule has 0 radical (unpaired) electrons. The summed E-state index contributed by atoms with van der Waals surface area (Å²) in [6.45, 7) is 2.40. The lowest BCUT2D eigenvalue weighted by molar-refractivity contribution is -0.148. The molecule has 13 heavy (non-hydrogen) atoms. The van der Waals surface area contributed by atoms with Gasteiger partial charge in [0.1, 0.15) is 0 Å². The van der Waals surface area contributed by atoms with Crippen LogP contribution in [0.25, 0.3) is 0 Å². The van der Waals surface area contributed by atoms with Crippen LogP contribution in [0.4, 0.5) is 0 Å². The maximum absolute atomic E-state index is 11.4. The second kappa shape index (κ2) is 6.01. The molecule has 1 aliphatic carbocycles. The maximum Gasteiger partial charge on any atom is 0.308 e. The van der Waals surface area contributed by atoms with E-state index in [4.69, 9.17) is 4.74 Å². The Balaban J connectivity index is 2.32. The lowest BCUT2D eigenvalue weighted by atomic mass is 9.91. The zero-order valence-electron chi connectivity index (χ0n) is 8.55. The topological polar surface area (TPSA) is 26.3 Å². The van der Waals surface area contributed by atoms with Crippen molar-refractivity contribution in [1.82, 2.24) is 0 Å². The van der Waals surface area contributed by atoms with E-state index in [9.17, 15) is 4.79 Å². The largest absolute Gasteiger partial charge is 0.466 e. The fourth-order valence-electron chi connectivity index (χ4n) is 1.95. The van der Waals surface area contributed by atoms with E-state index in [1.807, 2.05) is 6.92 Å². The third-order valence-electron chi connectivity index (χ3n) is 2.73. The van der Waals surface area contributed by atoms with Crippen LogP contribution in [0.1, 0.15) is 51.9 Å². The van der Waals surface area contributed by atoms with E-state index in [2.05, 4.69) is 0 Å². The van der Waals surface area contributed by atoms with Gasteiger partial charge in [-0.3, -0.25) is 4.79 Å². The normalized spacial score (nSPS) is 20.4. The van der Waals surface area contributed by atoms with E-state index in [0.29, 0.717) is 6.61 Å². The van der Waals surface area contributed by atoms with Gasteiger partial charge < -0.3 is 4.74 Å². The van der Waals surface area contributed by atoms with Crippen LogP contribution in [-0.2, 0) is 9.53 Å². The maximum atomic E-state index is 11.4. The fraction of sp³-hybridized carbons (Fsp3) is 0.909. The van der Waals surface area contributed by atoms with Crippen LogP contribution in [0.2, 0.25) is 0 Å². The van der Waals surface area contributed by atoms with Gasteiger partial charge in [-0.1, -0.05) is 32.1 Å². The molecule has 0 heterocycles. The van der Waals surface area contributed by atoms with Crippen molar-refractivity contribution in [3.8, 4) is 0 Å². The lowest BCUT2D eigenvalue weighted by Gasteiger charge is -2.17. The molecule has 2 heteroatoms. The van der Waals surface area contributed by atoms with Crippen molar-refractivity contribution < 1.29 is 9.53 Å². The molecule has 1 aliphatic rings. The highest BCUT2D eigenvalue weighted by molar-refractivity contribution is 5.72. The number of carbonyl (C=O) groups excluding carboxylic acids is 1. The zero-order chi connectivity index (χ0) is 9.52. The van der Waals surface area contributed by atoms with Crippen LogP contribution in [0.5, 0.6) is 0 Å². The summed E-state index contributed by atoms with van der Waals surface area (Å²) in [5.74, 6) is 0.227. The first-order valence-corrected chi connectivity index (χ1v) is 5.51. The van der Waals surface area contributed by atoms with E-state index in [0.717, 1.165) is 12.8 Å². The van der Waals surface area contributed by atoms with Gasteiger partial charge in [-0.05, 0) is 19.8 Å². The molecule has 2 nitrogen and oxygen atoms in total. The molecule has 0 bridgehead atoms. The highest BCUT2D eigenvalue weighted by atomic mass is 16.5. The van der Waals surface area contributed by atoms with Crippen LogP contribution in [0, 0.1) is 5.92 Å². The minimum Gasteiger partial charge on any atom is -0.466 e. The number of carbonyl (C=O) groups is 1. The van der Waals surface area contributed by atoms with Crippen molar-refractivity contribution in [3.63, 3.8) is 0 Å². The summed E-state index contributed by atoms with van der Waals surface area (Å²) >= 11 is 0. The van der Waals surface area contributed by atoms with E-state index in [-0.39, 0.29) is 11.9 Å². The number of rotatable bonds is 2. The Hall–Kier alpha value is -0.530. The predicted octanol–water partition coefficient (Wildman–Crippen LogP) is 2.91. The van der Waals surface area contributed by atoms with Crippen LogP contribution in [0.15, 0.2) is 0 Å². The first-order valence-electron chi connectivity index (χ1n) is 5.51. The molecular formula is C11H20O2. The summed E-state index contributed by atoms with van der Waals surface area (Å²) in [5.41, 5.74) is 0. The average Bonchev–Trinajstić information content (AvgIpc) is 2.03. The summed E-state index contributed by atoms with van der Waals surface area (Å²) in [6.07, 6.45) is 8.39. The molecule has 1 fully saturated rings. The molecule has 0 aliphatic heterocycles. The number of hydrogen-bond acceptors (Lipinski definition) is 2.